The molecule has 2 fully saturated rings. The first kappa shape index (κ1) is 18.6. The summed E-state index contributed by atoms with van der Waals surface area (Å²) in [4.78, 5) is 32.5. The topological polar surface area (TPSA) is 87.1 Å². The van der Waals surface area contributed by atoms with Crippen LogP contribution in [-0.4, -0.2) is 76.4 Å². The van der Waals surface area contributed by atoms with E-state index in [1.807, 2.05) is 0 Å². The molecule has 1 aromatic rings. The molecular formula is C17H21N5O3S. The van der Waals surface area contributed by atoms with Crippen molar-refractivity contribution < 1.29 is 14.3 Å². The molecule has 26 heavy (non-hydrogen) atoms. The van der Waals surface area contributed by atoms with Crippen molar-refractivity contribution in [2.45, 2.75) is 5.25 Å². The fourth-order valence-electron chi connectivity index (χ4n) is 2.69. The number of aromatic nitrogens is 1. The third-order valence-corrected chi connectivity index (χ3v) is 5.21. The van der Waals surface area contributed by atoms with Gasteiger partial charge in [0.1, 0.15) is 5.25 Å². The summed E-state index contributed by atoms with van der Waals surface area (Å²) in [5.74, 6) is -0.360. The lowest BCUT2D eigenvalue weighted by Crippen LogP contribution is -2.43. The van der Waals surface area contributed by atoms with Crippen LogP contribution in [-0.2, 0) is 9.53 Å². The van der Waals surface area contributed by atoms with E-state index >= 15 is 0 Å². The van der Waals surface area contributed by atoms with E-state index in [0.29, 0.717) is 37.0 Å². The Morgan fingerprint density at radius 2 is 2.15 bits per heavy atom. The molecule has 1 N–H and O–H groups in total. The first-order valence-corrected chi connectivity index (χ1v) is 9.24. The number of hydrogen-bond donors (Lipinski definition) is 1. The van der Waals surface area contributed by atoms with Crippen LogP contribution in [0.4, 0.5) is 0 Å². The standard InChI is InChI=1S/C17H21N5O3S/c1-2-7-22-16(24)14(12-21-8-10-25-11-9-21)26-17(22)20-19-15(23)13-3-5-18-6-4-13/h2-6,14H,1,7-12H2,(H,19,23)/b20-17+. The molecule has 138 valence electrons. The van der Waals surface area contributed by atoms with E-state index < -0.39 is 0 Å². The van der Waals surface area contributed by atoms with E-state index in [1.165, 1.54) is 24.2 Å². The maximum absolute atomic E-state index is 12.7. The number of thioether (sulfide) groups is 1. The lowest BCUT2D eigenvalue weighted by Gasteiger charge is -2.27. The molecule has 0 aliphatic carbocycles. The van der Waals surface area contributed by atoms with Gasteiger partial charge < -0.3 is 4.74 Å². The largest absolute Gasteiger partial charge is 0.379 e. The third-order valence-electron chi connectivity index (χ3n) is 4.06. The average Bonchev–Trinajstić information content (AvgIpc) is 2.97. The molecule has 0 saturated carbocycles. The van der Waals surface area contributed by atoms with Gasteiger partial charge in [0.05, 0.1) is 13.2 Å². The number of carbonyl (C=O) groups is 2. The highest BCUT2D eigenvalue weighted by Crippen LogP contribution is 2.28. The number of hydrazone groups is 1. The molecule has 2 saturated heterocycles. The minimum absolute atomic E-state index is 0.0155. The molecular weight excluding hydrogens is 354 g/mol. The van der Waals surface area contributed by atoms with Gasteiger partial charge in [-0.3, -0.25) is 24.4 Å². The molecule has 0 spiro atoms. The second-order valence-corrected chi connectivity index (χ2v) is 7.00. The zero-order valence-electron chi connectivity index (χ0n) is 14.3. The van der Waals surface area contributed by atoms with E-state index in [0.717, 1.165) is 13.1 Å². The van der Waals surface area contributed by atoms with Crippen LogP contribution in [0.3, 0.4) is 0 Å². The van der Waals surface area contributed by atoms with Gasteiger partial charge in [0, 0.05) is 44.1 Å². The van der Waals surface area contributed by atoms with Crippen LogP contribution in [0.1, 0.15) is 10.4 Å². The molecule has 2 aliphatic heterocycles. The first-order chi connectivity index (χ1) is 12.7. The van der Waals surface area contributed by atoms with Gasteiger partial charge in [0.15, 0.2) is 5.17 Å². The fraction of sp³-hybridized carbons (Fsp3) is 0.412. The molecule has 0 bridgehead atoms. The predicted octanol–water partition coefficient (Wildman–Crippen LogP) is 0.545. The molecule has 1 atom stereocenters. The third kappa shape index (κ3) is 4.48. The number of rotatable bonds is 6. The normalized spacial score (nSPS) is 22.6. The van der Waals surface area contributed by atoms with Gasteiger partial charge in [-0.1, -0.05) is 17.8 Å². The summed E-state index contributed by atoms with van der Waals surface area (Å²) in [5, 5.41) is 4.40. The highest BCUT2D eigenvalue weighted by molar-refractivity contribution is 8.15. The maximum Gasteiger partial charge on any atom is 0.271 e. The Labute approximate surface area is 156 Å². The highest BCUT2D eigenvalue weighted by Gasteiger charge is 2.38. The summed E-state index contributed by atoms with van der Waals surface area (Å²) in [6.45, 7) is 7.69. The minimum atomic E-state index is -0.344. The van der Waals surface area contributed by atoms with Crippen LogP contribution >= 0.6 is 11.8 Å². The molecule has 3 heterocycles. The number of amidine groups is 1. The maximum atomic E-state index is 12.7. The second kappa shape index (κ2) is 8.93. The van der Waals surface area contributed by atoms with E-state index in [-0.39, 0.29) is 17.1 Å². The zero-order chi connectivity index (χ0) is 18.4. The van der Waals surface area contributed by atoms with Crippen LogP contribution in [0.25, 0.3) is 0 Å². The second-order valence-electron chi connectivity index (χ2n) is 5.83. The van der Waals surface area contributed by atoms with Gasteiger partial charge in [-0.05, 0) is 12.1 Å². The molecule has 1 aromatic heterocycles. The molecule has 9 heteroatoms. The SMILES string of the molecule is C=CCN1C(=O)C(CN2CCOCC2)S/C1=N/NC(=O)c1ccncc1. The summed E-state index contributed by atoms with van der Waals surface area (Å²) in [6.07, 6.45) is 4.73. The zero-order valence-corrected chi connectivity index (χ0v) is 15.2. The van der Waals surface area contributed by atoms with Crippen LogP contribution < -0.4 is 5.43 Å². The Balaban J connectivity index is 1.67. The van der Waals surface area contributed by atoms with Gasteiger partial charge in [0.25, 0.3) is 5.91 Å². The van der Waals surface area contributed by atoms with Crippen LogP contribution in [0.2, 0.25) is 0 Å². The molecule has 1 unspecified atom stereocenters. The number of ether oxygens (including phenoxy) is 1. The van der Waals surface area contributed by atoms with Crippen molar-refractivity contribution in [1.82, 2.24) is 20.2 Å². The van der Waals surface area contributed by atoms with E-state index in [2.05, 4.69) is 27.0 Å². The number of hydrogen-bond acceptors (Lipinski definition) is 7. The number of nitrogens with zero attached hydrogens (tertiary/aromatic N) is 4. The Bertz CT molecular complexity index is 691. The van der Waals surface area contributed by atoms with Crippen molar-refractivity contribution in [3.63, 3.8) is 0 Å². The molecule has 8 nitrogen and oxygen atoms in total. The van der Waals surface area contributed by atoms with Crippen LogP contribution in [0.5, 0.6) is 0 Å². The van der Waals surface area contributed by atoms with Crippen molar-refractivity contribution in [2.75, 3.05) is 39.4 Å². The van der Waals surface area contributed by atoms with E-state index in [9.17, 15) is 9.59 Å². The number of pyridine rings is 1. The summed E-state index contributed by atoms with van der Waals surface area (Å²) in [6, 6.07) is 3.20. The Morgan fingerprint density at radius 1 is 1.42 bits per heavy atom. The Kier molecular flexibility index (Phi) is 6.37. The Morgan fingerprint density at radius 3 is 2.85 bits per heavy atom. The summed E-state index contributed by atoms with van der Waals surface area (Å²) in [7, 11) is 0. The number of carbonyl (C=O) groups excluding carboxylic acids is 2. The number of morpholine rings is 1. The van der Waals surface area contributed by atoms with Crippen molar-refractivity contribution in [3.8, 4) is 0 Å². The van der Waals surface area contributed by atoms with Crippen molar-refractivity contribution >= 4 is 28.7 Å². The lowest BCUT2D eigenvalue weighted by molar-refractivity contribution is -0.126. The molecule has 2 aliphatic rings. The van der Waals surface area contributed by atoms with Gasteiger partial charge in [-0.15, -0.1) is 11.7 Å². The quantitative estimate of drug-likeness (QED) is 0.577. The summed E-state index contributed by atoms with van der Waals surface area (Å²) in [5.41, 5.74) is 2.97. The van der Waals surface area contributed by atoms with Gasteiger partial charge in [-0.25, -0.2) is 5.43 Å². The number of amides is 2. The smallest absolute Gasteiger partial charge is 0.271 e. The Hall–Kier alpha value is -2.23. The minimum Gasteiger partial charge on any atom is -0.379 e. The van der Waals surface area contributed by atoms with E-state index in [1.54, 1.807) is 23.1 Å². The summed E-state index contributed by atoms with van der Waals surface area (Å²) >= 11 is 1.37. The number of nitrogens with one attached hydrogen (secondary N) is 1. The molecule has 0 radical (unpaired) electrons. The predicted molar refractivity (Wildman–Crippen MR) is 99.7 cm³/mol. The van der Waals surface area contributed by atoms with Crippen molar-refractivity contribution in [3.05, 3.63) is 42.7 Å². The molecule has 0 aromatic carbocycles. The van der Waals surface area contributed by atoms with Crippen molar-refractivity contribution in [2.24, 2.45) is 5.10 Å². The summed E-state index contributed by atoms with van der Waals surface area (Å²) < 4.78 is 5.35. The van der Waals surface area contributed by atoms with Gasteiger partial charge in [0.2, 0.25) is 5.91 Å². The fourth-order valence-corrected chi connectivity index (χ4v) is 3.85. The highest BCUT2D eigenvalue weighted by atomic mass is 32.2. The monoisotopic (exact) mass is 375 g/mol. The van der Waals surface area contributed by atoms with Crippen molar-refractivity contribution in [1.29, 1.82) is 0 Å². The first-order valence-electron chi connectivity index (χ1n) is 8.36. The van der Waals surface area contributed by atoms with Crippen LogP contribution in [0, 0.1) is 0 Å². The average molecular weight is 375 g/mol. The van der Waals surface area contributed by atoms with Gasteiger partial charge in [-0.2, -0.15) is 0 Å². The molecule has 2 amide bonds. The lowest BCUT2D eigenvalue weighted by atomic mass is 10.3. The van der Waals surface area contributed by atoms with E-state index in [4.69, 9.17) is 4.74 Å². The van der Waals surface area contributed by atoms with Crippen LogP contribution in [0.15, 0.2) is 42.3 Å². The van der Waals surface area contributed by atoms with Gasteiger partial charge >= 0.3 is 0 Å². The molecule has 3 rings (SSSR count).